The Hall–Kier alpha value is -3.93. The van der Waals surface area contributed by atoms with Crippen LogP contribution in [0.15, 0.2) is 66.9 Å². The second-order valence-electron chi connectivity index (χ2n) is 11.3. The molecule has 5 rings (SSSR count). The lowest BCUT2D eigenvalue weighted by Gasteiger charge is -2.37. The van der Waals surface area contributed by atoms with Crippen molar-refractivity contribution in [1.82, 2.24) is 25.3 Å². The van der Waals surface area contributed by atoms with Crippen molar-refractivity contribution in [3.63, 3.8) is 0 Å². The van der Waals surface area contributed by atoms with Crippen molar-refractivity contribution in [2.45, 2.75) is 51.8 Å². The van der Waals surface area contributed by atoms with Gasteiger partial charge in [-0.1, -0.05) is 65.7 Å². The molecule has 3 aromatic carbocycles. The Bertz CT molecular complexity index is 1800. The number of aromatic nitrogens is 2. The molecule has 0 aliphatic carbocycles. The van der Waals surface area contributed by atoms with Gasteiger partial charge in [-0.2, -0.15) is 5.10 Å². The number of H-pyrrole nitrogens is 1. The van der Waals surface area contributed by atoms with Crippen LogP contribution in [0.2, 0.25) is 10.0 Å². The van der Waals surface area contributed by atoms with E-state index in [-0.39, 0.29) is 52.2 Å². The largest absolute Gasteiger partial charge is 0.462 e. The van der Waals surface area contributed by atoms with Gasteiger partial charge in [-0.05, 0) is 57.2 Å². The lowest BCUT2D eigenvalue weighted by atomic mass is 10.1. The third-order valence-corrected chi connectivity index (χ3v) is 10.4. The SMILES string of the molecule is CC(C)OC(=O)C(C)NP(=O)(Oc1cccc2ccccc12)N1CCC(NC(=O)c2n[nH]cc2NC(=O)c2c(Cl)cccc2Cl)CC1. The minimum atomic E-state index is -3.86. The number of carbonyl (C=O) groups is 3. The highest BCUT2D eigenvalue weighted by molar-refractivity contribution is 7.54. The topological polar surface area (TPSA) is 155 Å². The van der Waals surface area contributed by atoms with Crippen LogP contribution < -0.4 is 20.2 Å². The highest BCUT2D eigenvalue weighted by atomic mass is 35.5. The molecule has 47 heavy (non-hydrogen) atoms. The van der Waals surface area contributed by atoms with Crippen molar-refractivity contribution in [1.29, 1.82) is 0 Å². The van der Waals surface area contributed by atoms with Crippen LogP contribution in [0.3, 0.4) is 0 Å². The van der Waals surface area contributed by atoms with Crippen molar-refractivity contribution >= 4 is 65.1 Å². The van der Waals surface area contributed by atoms with E-state index < -0.39 is 31.5 Å². The summed E-state index contributed by atoms with van der Waals surface area (Å²) < 4.78 is 27.9. The molecule has 1 fully saturated rings. The molecule has 1 aromatic heterocycles. The lowest BCUT2D eigenvalue weighted by Crippen LogP contribution is -2.47. The third kappa shape index (κ3) is 8.14. The number of fused-ring (bicyclic) bond motifs is 1. The van der Waals surface area contributed by atoms with Crippen LogP contribution in [0.25, 0.3) is 10.8 Å². The quantitative estimate of drug-likeness (QED) is 0.102. The Kier molecular flexibility index (Phi) is 10.9. The first-order chi connectivity index (χ1) is 22.4. The van der Waals surface area contributed by atoms with Gasteiger partial charge in [-0.25, -0.2) is 14.3 Å². The van der Waals surface area contributed by atoms with E-state index in [9.17, 15) is 18.9 Å². The summed E-state index contributed by atoms with van der Waals surface area (Å²) in [5.41, 5.74) is 0.208. The van der Waals surface area contributed by atoms with Crippen LogP contribution in [0, 0.1) is 0 Å². The minimum absolute atomic E-state index is 0.0203. The van der Waals surface area contributed by atoms with Crippen molar-refractivity contribution in [3.05, 3.63) is 88.2 Å². The number of hydrogen-bond donors (Lipinski definition) is 4. The van der Waals surface area contributed by atoms with Crippen LogP contribution >= 0.6 is 30.9 Å². The van der Waals surface area contributed by atoms with Crippen LogP contribution in [0.5, 0.6) is 5.75 Å². The maximum atomic E-state index is 14.6. The molecule has 0 saturated carbocycles. The number of benzene rings is 3. The van der Waals surface area contributed by atoms with Gasteiger partial charge in [0.2, 0.25) is 0 Å². The molecular weight excluding hydrogens is 666 g/mol. The van der Waals surface area contributed by atoms with Crippen LogP contribution in [-0.4, -0.2) is 63.9 Å². The van der Waals surface area contributed by atoms with Crippen molar-refractivity contribution < 1.29 is 28.2 Å². The molecule has 1 aliphatic rings. The molecular formula is C32H35Cl2N6O6P. The maximum absolute atomic E-state index is 14.6. The zero-order chi connectivity index (χ0) is 33.7. The molecule has 0 spiro atoms. The molecule has 15 heteroatoms. The standard InChI is InChI=1S/C32H35Cl2N6O6P/c1-19(2)45-32(43)20(3)39-47(44,46-27-13-6-9-21-8-4-5-10-23(21)27)40-16-14-22(15-17-40)36-31(42)29-26(18-35-38-29)37-30(41)28-24(33)11-7-12-25(28)34/h4-13,18-20,22H,14-17H2,1-3H3,(H,35,38)(H,36,42)(H,37,41)(H,39,44). The Morgan fingerprint density at radius 2 is 1.62 bits per heavy atom. The van der Waals surface area contributed by atoms with Gasteiger partial charge in [-0.3, -0.25) is 19.5 Å². The maximum Gasteiger partial charge on any atom is 0.393 e. The smallest absolute Gasteiger partial charge is 0.393 e. The lowest BCUT2D eigenvalue weighted by molar-refractivity contribution is -0.149. The zero-order valence-electron chi connectivity index (χ0n) is 26.0. The van der Waals surface area contributed by atoms with E-state index in [0.29, 0.717) is 18.6 Å². The first kappa shape index (κ1) is 34.4. The number of carbonyl (C=O) groups excluding carboxylic acids is 3. The number of hydrogen-bond acceptors (Lipinski definition) is 7. The van der Waals surface area contributed by atoms with Gasteiger partial charge in [0.25, 0.3) is 11.8 Å². The highest BCUT2D eigenvalue weighted by Gasteiger charge is 2.40. The zero-order valence-corrected chi connectivity index (χ0v) is 28.4. The number of rotatable bonds is 11. The summed E-state index contributed by atoms with van der Waals surface area (Å²) in [5, 5.41) is 17.2. The van der Waals surface area contributed by atoms with E-state index in [0.717, 1.165) is 10.8 Å². The average molecular weight is 702 g/mol. The first-order valence-electron chi connectivity index (χ1n) is 15.1. The molecule has 4 N–H and O–H groups in total. The molecule has 0 bridgehead atoms. The average Bonchev–Trinajstić information content (AvgIpc) is 3.49. The number of piperidine rings is 1. The number of aromatic amines is 1. The van der Waals surface area contributed by atoms with E-state index >= 15 is 0 Å². The number of nitrogens with zero attached hydrogens (tertiary/aromatic N) is 2. The number of nitrogens with one attached hydrogen (secondary N) is 4. The number of esters is 1. The van der Waals surface area contributed by atoms with Crippen molar-refractivity contribution in [3.8, 4) is 5.75 Å². The number of amides is 2. The number of ether oxygens (including phenoxy) is 1. The summed E-state index contributed by atoms with van der Waals surface area (Å²) in [7, 11) is -3.86. The third-order valence-electron chi connectivity index (χ3n) is 7.51. The summed E-state index contributed by atoms with van der Waals surface area (Å²) in [6.45, 7) is 5.62. The van der Waals surface area contributed by atoms with Crippen LogP contribution in [0.1, 0.15) is 54.5 Å². The Morgan fingerprint density at radius 1 is 0.957 bits per heavy atom. The van der Waals surface area contributed by atoms with Gasteiger partial charge in [0, 0.05) is 30.7 Å². The fraction of sp³-hybridized carbons (Fsp3) is 0.312. The molecule has 0 radical (unpaired) electrons. The first-order valence-corrected chi connectivity index (χ1v) is 17.4. The summed E-state index contributed by atoms with van der Waals surface area (Å²) in [5.74, 6) is -1.25. The summed E-state index contributed by atoms with van der Waals surface area (Å²) in [6, 6.07) is 16.5. The van der Waals surface area contributed by atoms with Gasteiger partial charge in [-0.15, -0.1) is 0 Å². The van der Waals surface area contributed by atoms with Gasteiger partial charge in [0.15, 0.2) is 5.69 Å². The molecule has 12 nitrogen and oxygen atoms in total. The molecule has 248 valence electrons. The summed E-state index contributed by atoms with van der Waals surface area (Å²) >= 11 is 12.3. The van der Waals surface area contributed by atoms with Gasteiger partial charge in [0.1, 0.15) is 11.8 Å². The van der Waals surface area contributed by atoms with Crippen molar-refractivity contribution in [2.24, 2.45) is 0 Å². The highest BCUT2D eigenvalue weighted by Crippen LogP contribution is 2.50. The predicted molar refractivity (Wildman–Crippen MR) is 181 cm³/mol. The molecule has 1 aliphatic heterocycles. The number of anilines is 1. The van der Waals surface area contributed by atoms with Gasteiger partial charge >= 0.3 is 13.6 Å². The summed E-state index contributed by atoms with van der Waals surface area (Å²) in [6.07, 6.45) is 1.88. The summed E-state index contributed by atoms with van der Waals surface area (Å²) in [4.78, 5) is 38.8. The van der Waals surface area contributed by atoms with Crippen LogP contribution in [0.4, 0.5) is 5.69 Å². The molecule has 4 aromatic rings. The predicted octanol–water partition coefficient (Wildman–Crippen LogP) is 6.43. The fourth-order valence-corrected chi connectivity index (χ4v) is 7.87. The second kappa shape index (κ2) is 14.9. The van der Waals surface area contributed by atoms with E-state index in [1.54, 1.807) is 37.6 Å². The number of halogens is 2. The minimum Gasteiger partial charge on any atom is -0.462 e. The van der Waals surface area contributed by atoms with Crippen LogP contribution in [-0.2, 0) is 14.1 Å². The normalized spacial score (nSPS) is 16.0. The van der Waals surface area contributed by atoms with E-state index in [1.807, 2.05) is 36.4 Å². The molecule has 2 amide bonds. The van der Waals surface area contributed by atoms with Gasteiger partial charge in [0.05, 0.1) is 27.4 Å². The Morgan fingerprint density at radius 3 is 2.32 bits per heavy atom. The molecule has 2 unspecified atom stereocenters. The molecule has 2 atom stereocenters. The Balaban J connectivity index is 1.28. The van der Waals surface area contributed by atoms with Gasteiger partial charge < -0.3 is 19.9 Å². The van der Waals surface area contributed by atoms with Crippen molar-refractivity contribution in [2.75, 3.05) is 18.4 Å². The van der Waals surface area contributed by atoms with E-state index in [4.69, 9.17) is 32.5 Å². The molecule has 2 heterocycles. The van der Waals surface area contributed by atoms with E-state index in [1.165, 1.54) is 18.3 Å². The fourth-order valence-electron chi connectivity index (χ4n) is 5.19. The van der Waals surface area contributed by atoms with E-state index in [2.05, 4.69) is 25.9 Å². The molecule has 1 saturated heterocycles. The monoisotopic (exact) mass is 700 g/mol. The Labute approximate surface area is 282 Å². The second-order valence-corrected chi connectivity index (χ2v) is 14.2.